The fourth-order valence-electron chi connectivity index (χ4n) is 2.83. The Bertz CT molecular complexity index is 973. The van der Waals surface area contributed by atoms with E-state index >= 15 is 0 Å². The molecule has 0 aliphatic rings. The number of hydrogen-bond acceptors (Lipinski definition) is 4. The molecule has 1 N–H and O–H groups in total. The Hall–Kier alpha value is -1.48. The lowest BCUT2D eigenvalue weighted by Crippen LogP contribution is -2.49. The first-order valence-corrected chi connectivity index (χ1v) is 12.9. The highest BCUT2D eigenvalue weighted by atomic mass is 35.5. The van der Waals surface area contributed by atoms with Crippen LogP contribution >= 0.6 is 35.0 Å². The maximum atomic E-state index is 13.2. The lowest BCUT2D eigenvalue weighted by atomic mass is 10.2. The summed E-state index contributed by atoms with van der Waals surface area (Å²) in [5.41, 5.74) is 1.27. The van der Waals surface area contributed by atoms with Crippen molar-refractivity contribution in [2.24, 2.45) is 0 Å². The molecule has 0 saturated heterocycles. The van der Waals surface area contributed by atoms with Crippen LogP contribution in [-0.2, 0) is 20.6 Å². The number of thioether (sulfide) groups is 1. The van der Waals surface area contributed by atoms with Gasteiger partial charge in [-0.25, -0.2) is 12.8 Å². The molecule has 1 amide bonds. The molecule has 2 aromatic rings. The van der Waals surface area contributed by atoms with E-state index in [2.05, 4.69) is 5.32 Å². The van der Waals surface area contributed by atoms with Crippen molar-refractivity contribution in [1.82, 2.24) is 5.32 Å². The van der Waals surface area contributed by atoms with Crippen LogP contribution in [0, 0.1) is 5.82 Å². The first kappa shape index (κ1) is 24.8. The second-order valence-electron chi connectivity index (χ2n) is 6.55. The van der Waals surface area contributed by atoms with E-state index < -0.39 is 27.8 Å². The fraction of sp³-hybridized carbons (Fsp3) is 0.350. The van der Waals surface area contributed by atoms with E-state index in [9.17, 15) is 17.6 Å². The van der Waals surface area contributed by atoms with Crippen molar-refractivity contribution in [1.29, 1.82) is 0 Å². The van der Waals surface area contributed by atoms with Gasteiger partial charge in [-0.2, -0.15) is 11.8 Å². The van der Waals surface area contributed by atoms with E-state index in [0.29, 0.717) is 28.1 Å². The summed E-state index contributed by atoms with van der Waals surface area (Å²) in [6.07, 6.45) is 1.30. The number of amides is 1. The number of halogens is 3. The number of rotatable bonds is 10. The van der Waals surface area contributed by atoms with Gasteiger partial charge in [0.1, 0.15) is 11.9 Å². The van der Waals surface area contributed by atoms with Crippen molar-refractivity contribution in [3.8, 4) is 0 Å². The molecule has 0 spiro atoms. The van der Waals surface area contributed by atoms with Crippen LogP contribution < -0.4 is 9.62 Å². The second-order valence-corrected chi connectivity index (χ2v) is 10.3. The van der Waals surface area contributed by atoms with Crippen LogP contribution in [0.5, 0.6) is 0 Å². The van der Waals surface area contributed by atoms with E-state index in [1.165, 1.54) is 12.1 Å². The van der Waals surface area contributed by atoms with Crippen LogP contribution in [0.2, 0.25) is 10.0 Å². The van der Waals surface area contributed by atoms with Gasteiger partial charge in [0.15, 0.2) is 0 Å². The van der Waals surface area contributed by atoms with Crippen LogP contribution in [0.15, 0.2) is 42.5 Å². The zero-order valence-electron chi connectivity index (χ0n) is 16.6. The van der Waals surface area contributed by atoms with E-state index in [-0.39, 0.29) is 12.1 Å². The summed E-state index contributed by atoms with van der Waals surface area (Å²) < 4.78 is 38.9. The van der Waals surface area contributed by atoms with Gasteiger partial charge in [0.2, 0.25) is 15.9 Å². The van der Waals surface area contributed by atoms with E-state index in [0.717, 1.165) is 28.3 Å². The van der Waals surface area contributed by atoms with Crippen LogP contribution in [0.4, 0.5) is 10.1 Å². The van der Waals surface area contributed by atoms with Crippen molar-refractivity contribution in [2.75, 3.05) is 22.9 Å². The van der Waals surface area contributed by atoms with Crippen molar-refractivity contribution in [2.45, 2.75) is 25.1 Å². The normalized spacial score (nSPS) is 12.4. The molecule has 164 valence electrons. The van der Waals surface area contributed by atoms with Crippen LogP contribution in [-0.4, -0.2) is 38.9 Å². The molecule has 0 aliphatic heterocycles. The third-order valence-corrected chi connectivity index (χ3v) is 7.16. The fourth-order valence-corrected chi connectivity index (χ4v) is 5.17. The maximum absolute atomic E-state index is 13.2. The maximum Gasteiger partial charge on any atom is 0.243 e. The number of sulfonamides is 1. The molecule has 0 fully saturated rings. The summed E-state index contributed by atoms with van der Waals surface area (Å²) in [5, 5.41) is 3.78. The Morgan fingerprint density at radius 2 is 1.83 bits per heavy atom. The minimum absolute atomic E-state index is 0.245. The zero-order chi connectivity index (χ0) is 22.3. The monoisotopic (exact) mass is 492 g/mol. The molecule has 0 aliphatic carbocycles. The van der Waals surface area contributed by atoms with Gasteiger partial charge < -0.3 is 5.32 Å². The molecule has 5 nitrogen and oxygen atoms in total. The van der Waals surface area contributed by atoms with Gasteiger partial charge in [-0.1, -0.05) is 36.2 Å². The van der Waals surface area contributed by atoms with Crippen molar-refractivity contribution in [3.05, 3.63) is 63.9 Å². The van der Waals surface area contributed by atoms with E-state index in [1.54, 1.807) is 30.8 Å². The minimum Gasteiger partial charge on any atom is -0.353 e. The lowest BCUT2D eigenvalue weighted by molar-refractivity contribution is -0.122. The molecule has 2 rings (SSSR count). The average molecular weight is 493 g/mol. The summed E-state index contributed by atoms with van der Waals surface area (Å²) in [7, 11) is -3.74. The van der Waals surface area contributed by atoms with Gasteiger partial charge in [0.25, 0.3) is 0 Å². The molecule has 2 aromatic carbocycles. The summed E-state index contributed by atoms with van der Waals surface area (Å²) in [6, 6.07) is 9.52. The number of nitrogens with zero attached hydrogens (tertiary/aromatic N) is 1. The number of benzene rings is 2. The smallest absolute Gasteiger partial charge is 0.243 e. The predicted molar refractivity (Wildman–Crippen MR) is 123 cm³/mol. The minimum atomic E-state index is -3.74. The Morgan fingerprint density at radius 1 is 1.17 bits per heavy atom. The first-order chi connectivity index (χ1) is 14.1. The average Bonchev–Trinajstić information content (AvgIpc) is 2.68. The lowest BCUT2D eigenvalue weighted by Gasteiger charge is -2.30. The highest BCUT2D eigenvalue weighted by molar-refractivity contribution is 7.98. The Morgan fingerprint density at radius 3 is 2.40 bits per heavy atom. The van der Waals surface area contributed by atoms with E-state index in [4.69, 9.17) is 23.2 Å². The highest BCUT2D eigenvalue weighted by Crippen LogP contribution is 2.25. The van der Waals surface area contributed by atoms with Gasteiger partial charge >= 0.3 is 0 Å². The first-order valence-electron chi connectivity index (χ1n) is 9.17. The van der Waals surface area contributed by atoms with Gasteiger partial charge in [-0.3, -0.25) is 9.10 Å². The molecule has 30 heavy (non-hydrogen) atoms. The quantitative estimate of drug-likeness (QED) is 0.487. The summed E-state index contributed by atoms with van der Waals surface area (Å²) in [4.78, 5) is 12.7. The number of carbonyl (C=O) groups is 1. The van der Waals surface area contributed by atoms with Crippen molar-refractivity contribution in [3.63, 3.8) is 0 Å². The van der Waals surface area contributed by atoms with Crippen molar-refractivity contribution >= 4 is 56.6 Å². The zero-order valence-corrected chi connectivity index (χ0v) is 19.7. The molecule has 0 saturated carbocycles. The number of anilines is 1. The Labute approximate surface area is 191 Å². The summed E-state index contributed by atoms with van der Waals surface area (Å²) in [6.45, 7) is 2.10. The van der Waals surface area contributed by atoms with Crippen LogP contribution in [0.25, 0.3) is 0 Å². The van der Waals surface area contributed by atoms with E-state index in [1.807, 2.05) is 6.07 Å². The molecule has 0 bridgehead atoms. The summed E-state index contributed by atoms with van der Waals surface area (Å²) >= 11 is 13.5. The Kier molecular flexibility index (Phi) is 9.28. The highest BCUT2D eigenvalue weighted by Gasteiger charge is 2.31. The third-order valence-electron chi connectivity index (χ3n) is 4.21. The van der Waals surface area contributed by atoms with Crippen LogP contribution in [0.1, 0.15) is 18.9 Å². The number of nitrogens with one attached hydrogen (secondary N) is 1. The van der Waals surface area contributed by atoms with Gasteiger partial charge in [0, 0.05) is 18.1 Å². The molecular weight excluding hydrogens is 470 g/mol. The largest absolute Gasteiger partial charge is 0.353 e. The van der Waals surface area contributed by atoms with Crippen LogP contribution in [0.3, 0.4) is 0 Å². The molecule has 1 atom stereocenters. The standard InChI is InChI=1S/C20H23Cl2FN2O3S2/c1-3-19(25(30(2,27)28)16-7-5-15(23)6-8-16)20(26)24-10-11-29-13-14-4-9-17(21)18(22)12-14/h4-9,12,19H,3,10-11,13H2,1-2H3,(H,24,26)/t19-/m1/s1. The molecule has 0 aromatic heterocycles. The SMILES string of the molecule is CC[C@H](C(=O)NCCSCc1ccc(Cl)c(Cl)c1)N(c1ccc(F)cc1)S(C)(=O)=O. The molecule has 10 heteroatoms. The number of carbonyl (C=O) groups excluding carboxylic acids is 1. The Balaban J connectivity index is 1.95. The molecule has 0 radical (unpaired) electrons. The van der Waals surface area contributed by atoms with Crippen molar-refractivity contribution < 1.29 is 17.6 Å². The molecule has 0 heterocycles. The number of hydrogen-bond donors (Lipinski definition) is 1. The molecule has 0 unspecified atom stereocenters. The topological polar surface area (TPSA) is 66.5 Å². The summed E-state index contributed by atoms with van der Waals surface area (Å²) in [5.74, 6) is 0.457. The van der Waals surface area contributed by atoms with Gasteiger partial charge in [-0.15, -0.1) is 0 Å². The van der Waals surface area contributed by atoms with Gasteiger partial charge in [0.05, 0.1) is 22.0 Å². The van der Waals surface area contributed by atoms with Gasteiger partial charge in [-0.05, 0) is 48.4 Å². The molecular formula is C20H23Cl2FN2O3S2. The second kappa shape index (κ2) is 11.2. The third kappa shape index (κ3) is 7.04. The predicted octanol–water partition coefficient (Wildman–Crippen LogP) is 4.73.